The van der Waals surface area contributed by atoms with Crippen LogP contribution >= 0.6 is 0 Å². The van der Waals surface area contributed by atoms with Gasteiger partial charge >= 0.3 is 0 Å². The van der Waals surface area contributed by atoms with E-state index < -0.39 is 0 Å². The number of methoxy groups -OCH3 is 1. The van der Waals surface area contributed by atoms with Gasteiger partial charge in [0.1, 0.15) is 0 Å². The second kappa shape index (κ2) is 4.06. The fraction of sp³-hybridized carbons (Fsp3) is 0.538. The van der Waals surface area contributed by atoms with Crippen LogP contribution in [0.4, 0.5) is 4.39 Å². The van der Waals surface area contributed by atoms with Crippen LogP contribution in [0.5, 0.6) is 5.75 Å². The average Bonchev–Trinajstić information content (AvgIpc) is 3.08. The van der Waals surface area contributed by atoms with Crippen molar-refractivity contribution in [3.63, 3.8) is 0 Å². The molecule has 2 nitrogen and oxygen atoms in total. The van der Waals surface area contributed by atoms with E-state index in [9.17, 15) is 4.39 Å². The first-order valence-corrected chi connectivity index (χ1v) is 5.74. The Kier molecular flexibility index (Phi) is 2.89. The lowest BCUT2D eigenvalue weighted by Crippen LogP contribution is -2.21. The number of nitrogens with two attached hydrogens (primary N) is 1. The first kappa shape index (κ1) is 11.4. The summed E-state index contributed by atoms with van der Waals surface area (Å²) in [7, 11) is 1.51. The zero-order valence-corrected chi connectivity index (χ0v) is 9.85. The van der Waals surface area contributed by atoms with E-state index in [0.29, 0.717) is 12.3 Å². The third-order valence-corrected chi connectivity index (χ3v) is 3.53. The Labute approximate surface area is 95.6 Å². The summed E-state index contributed by atoms with van der Waals surface area (Å²) in [5.74, 6) is 0.108. The lowest BCUT2D eigenvalue weighted by molar-refractivity contribution is 0.376. The van der Waals surface area contributed by atoms with Crippen molar-refractivity contribution in [3.05, 3.63) is 29.1 Å². The Hall–Kier alpha value is -1.09. The fourth-order valence-corrected chi connectivity index (χ4v) is 2.19. The molecule has 0 radical (unpaired) electrons. The number of rotatable bonds is 4. The minimum absolute atomic E-state index is 0.0304. The number of hydrogen-bond acceptors (Lipinski definition) is 2. The topological polar surface area (TPSA) is 35.2 Å². The summed E-state index contributed by atoms with van der Waals surface area (Å²) >= 11 is 0. The third-order valence-electron chi connectivity index (χ3n) is 3.53. The van der Waals surface area contributed by atoms with E-state index in [4.69, 9.17) is 10.5 Å². The van der Waals surface area contributed by atoms with E-state index in [1.807, 2.05) is 13.0 Å². The molecule has 2 rings (SSSR count). The average molecular weight is 223 g/mol. The quantitative estimate of drug-likeness (QED) is 0.850. The van der Waals surface area contributed by atoms with Gasteiger partial charge in [-0.2, -0.15) is 0 Å². The predicted octanol–water partition coefficient (Wildman–Crippen LogP) is 2.39. The predicted molar refractivity (Wildman–Crippen MR) is 62.3 cm³/mol. The van der Waals surface area contributed by atoms with E-state index in [1.165, 1.54) is 7.11 Å². The van der Waals surface area contributed by atoms with Gasteiger partial charge in [-0.15, -0.1) is 0 Å². The van der Waals surface area contributed by atoms with Gasteiger partial charge in [-0.25, -0.2) is 4.39 Å². The highest BCUT2D eigenvalue weighted by Crippen LogP contribution is 2.51. The van der Waals surface area contributed by atoms with Crippen LogP contribution in [0.25, 0.3) is 0 Å². The molecule has 3 heteroatoms. The van der Waals surface area contributed by atoms with Crippen molar-refractivity contribution >= 4 is 0 Å². The van der Waals surface area contributed by atoms with E-state index in [0.717, 1.165) is 30.4 Å². The highest BCUT2D eigenvalue weighted by Gasteiger charge is 2.45. The summed E-state index contributed by atoms with van der Waals surface area (Å²) < 4.78 is 19.0. The fourth-order valence-electron chi connectivity index (χ4n) is 2.19. The smallest absolute Gasteiger partial charge is 0.165 e. The van der Waals surface area contributed by atoms with Gasteiger partial charge in [0.2, 0.25) is 0 Å². The molecule has 1 aromatic rings. The summed E-state index contributed by atoms with van der Waals surface area (Å²) in [4.78, 5) is 0. The molecule has 1 fully saturated rings. The van der Waals surface area contributed by atoms with Crippen LogP contribution in [0.3, 0.4) is 0 Å². The van der Waals surface area contributed by atoms with Gasteiger partial charge in [-0.1, -0.05) is 13.0 Å². The van der Waals surface area contributed by atoms with E-state index in [1.54, 1.807) is 6.07 Å². The lowest BCUT2D eigenvalue weighted by atomic mass is 9.92. The molecule has 0 unspecified atom stereocenters. The molecule has 0 spiro atoms. The van der Waals surface area contributed by atoms with Crippen molar-refractivity contribution < 1.29 is 9.13 Å². The van der Waals surface area contributed by atoms with E-state index >= 15 is 0 Å². The third kappa shape index (κ3) is 1.69. The van der Waals surface area contributed by atoms with Crippen molar-refractivity contribution in [3.8, 4) is 5.75 Å². The Bertz CT molecular complexity index is 399. The molecular formula is C13H18FNO. The minimum Gasteiger partial charge on any atom is -0.493 e. The molecule has 1 aliphatic carbocycles. The maximum atomic E-state index is 13.8. The standard InChI is InChI=1S/C13H18FNO/c1-3-9-6-10(13(8-15)4-5-13)12(16-2)11(14)7-9/h6-7H,3-5,8,15H2,1-2H3. The van der Waals surface area contributed by atoms with Crippen LogP contribution in [-0.2, 0) is 11.8 Å². The van der Waals surface area contributed by atoms with Gasteiger partial charge in [0.15, 0.2) is 11.6 Å². The highest BCUT2D eigenvalue weighted by atomic mass is 19.1. The monoisotopic (exact) mass is 223 g/mol. The number of ether oxygens (including phenoxy) is 1. The summed E-state index contributed by atoms with van der Waals surface area (Å²) in [5, 5.41) is 0. The van der Waals surface area contributed by atoms with Crippen LogP contribution in [0.1, 0.15) is 30.9 Å². The van der Waals surface area contributed by atoms with Crippen molar-refractivity contribution in [1.29, 1.82) is 0 Å². The molecular weight excluding hydrogens is 205 g/mol. The Morgan fingerprint density at radius 2 is 2.12 bits per heavy atom. The van der Waals surface area contributed by atoms with Gasteiger partial charge in [0.25, 0.3) is 0 Å². The number of aryl methyl sites for hydroxylation is 1. The second-order valence-electron chi connectivity index (χ2n) is 4.50. The van der Waals surface area contributed by atoms with Crippen molar-refractivity contribution in [2.45, 2.75) is 31.6 Å². The van der Waals surface area contributed by atoms with Crippen LogP contribution in [0.15, 0.2) is 12.1 Å². The summed E-state index contributed by atoms with van der Waals surface area (Å²) in [6.45, 7) is 2.59. The first-order chi connectivity index (χ1) is 7.66. The number of halogens is 1. The Morgan fingerprint density at radius 1 is 1.44 bits per heavy atom. The Morgan fingerprint density at radius 3 is 2.56 bits per heavy atom. The summed E-state index contributed by atoms with van der Waals surface area (Å²) in [6, 6.07) is 3.59. The molecule has 0 amide bonds. The number of hydrogen-bond donors (Lipinski definition) is 1. The maximum Gasteiger partial charge on any atom is 0.165 e. The normalized spacial score (nSPS) is 17.2. The first-order valence-electron chi connectivity index (χ1n) is 5.74. The molecule has 16 heavy (non-hydrogen) atoms. The molecule has 88 valence electrons. The van der Waals surface area contributed by atoms with Gasteiger partial charge in [0.05, 0.1) is 7.11 Å². The molecule has 0 heterocycles. The van der Waals surface area contributed by atoms with Gasteiger partial charge in [-0.3, -0.25) is 0 Å². The second-order valence-corrected chi connectivity index (χ2v) is 4.50. The molecule has 0 aromatic heterocycles. The molecule has 1 saturated carbocycles. The largest absolute Gasteiger partial charge is 0.493 e. The van der Waals surface area contributed by atoms with Crippen molar-refractivity contribution in [2.24, 2.45) is 5.73 Å². The lowest BCUT2D eigenvalue weighted by Gasteiger charge is -2.18. The molecule has 0 bridgehead atoms. The maximum absolute atomic E-state index is 13.8. The van der Waals surface area contributed by atoms with Crippen LogP contribution in [0, 0.1) is 5.82 Å². The van der Waals surface area contributed by atoms with E-state index in [2.05, 4.69) is 0 Å². The van der Waals surface area contributed by atoms with Crippen LogP contribution < -0.4 is 10.5 Å². The molecule has 1 aliphatic rings. The van der Waals surface area contributed by atoms with E-state index in [-0.39, 0.29) is 11.2 Å². The molecule has 0 atom stereocenters. The van der Waals surface area contributed by atoms with Gasteiger partial charge in [0, 0.05) is 17.5 Å². The highest BCUT2D eigenvalue weighted by molar-refractivity contribution is 5.47. The zero-order chi connectivity index (χ0) is 11.8. The summed E-state index contributed by atoms with van der Waals surface area (Å²) in [6.07, 6.45) is 2.90. The minimum atomic E-state index is -0.267. The molecule has 0 saturated heterocycles. The zero-order valence-electron chi connectivity index (χ0n) is 9.85. The molecule has 1 aromatic carbocycles. The van der Waals surface area contributed by atoms with Crippen molar-refractivity contribution in [2.75, 3.05) is 13.7 Å². The van der Waals surface area contributed by atoms with Gasteiger partial charge < -0.3 is 10.5 Å². The SMILES string of the molecule is CCc1cc(F)c(OC)c(C2(CN)CC2)c1. The summed E-state index contributed by atoms with van der Waals surface area (Å²) in [5.41, 5.74) is 7.72. The molecule has 0 aliphatic heterocycles. The van der Waals surface area contributed by atoms with Crippen molar-refractivity contribution in [1.82, 2.24) is 0 Å². The van der Waals surface area contributed by atoms with Crippen LogP contribution in [-0.4, -0.2) is 13.7 Å². The Balaban J connectivity index is 2.53. The van der Waals surface area contributed by atoms with Crippen LogP contribution in [0.2, 0.25) is 0 Å². The number of benzene rings is 1. The molecule has 2 N–H and O–H groups in total. The van der Waals surface area contributed by atoms with Gasteiger partial charge in [-0.05, 0) is 30.9 Å².